The van der Waals surface area contributed by atoms with Gasteiger partial charge in [0.15, 0.2) is 0 Å². The lowest BCUT2D eigenvalue weighted by molar-refractivity contribution is -0.144. The van der Waals surface area contributed by atoms with E-state index in [1.165, 1.54) is 7.11 Å². The maximum absolute atomic E-state index is 12.2. The second-order valence-electron chi connectivity index (χ2n) is 4.78. The smallest absolute Gasteiger partial charge is 0.306 e. The molecule has 1 aromatic carbocycles. The van der Waals surface area contributed by atoms with Gasteiger partial charge in [-0.2, -0.15) is 0 Å². The summed E-state index contributed by atoms with van der Waals surface area (Å²) in [5, 5.41) is 0.638. The van der Waals surface area contributed by atoms with Gasteiger partial charge in [-0.15, -0.1) is 0 Å². The van der Waals surface area contributed by atoms with Crippen LogP contribution >= 0.6 is 11.6 Å². The van der Waals surface area contributed by atoms with E-state index < -0.39 is 0 Å². The summed E-state index contributed by atoms with van der Waals surface area (Å²) in [6, 6.07) is 7.47. The van der Waals surface area contributed by atoms with Gasteiger partial charge < -0.3 is 9.64 Å². The summed E-state index contributed by atoms with van der Waals surface area (Å²) in [6.07, 6.45) is 0.246. The average molecular weight is 298 g/mol. The first-order valence-corrected chi connectivity index (χ1v) is 6.93. The summed E-state index contributed by atoms with van der Waals surface area (Å²) >= 11 is 6.12. The molecule has 4 nitrogen and oxygen atoms in total. The van der Waals surface area contributed by atoms with Gasteiger partial charge in [-0.05, 0) is 25.5 Å². The number of ether oxygens (including phenoxy) is 1. The van der Waals surface area contributed by atoms with Crippen LogP contribution in [0.3, 0.4) is 0 Å². The van der Waals surface area contributed by atoms with Crippen LogP contribution in [0.2, 0.25) is 5.02 Å². The van der Waals surface area contributed by atoms with E-state index in [4.69, 9.17) is 11.6 Å². The number of methoxy groups -OCH3 is 1. The zero-order valence-electron chi connectivity index (χ0n) is 12.1. The van der Waals surface area contributed by atoms with E-state index in [2.05, 4.69) is 4.74 Å². The third-order valence-corrected chi connectivity index (χ3v) is 3.38. The maximum atomic E-state index is 12.2. The number of esters is 1. The Morgan fingerprint density at radius 3 is 2.45 bits per heavy atom. The Hall–Kier alpha value is -1.55. The minimum Gasteiger partial charge on any atom is -0.469 e. The molecule has 0 aliphatic carbocycles. The average Bonchev–Trinajstić information content (AvgIpc) is 2.43. The molecular weight excluding hydrogens is 278 g/mol. The Bertz CT molecular complexity index is 474. The molecule has 0 aliphatic heterocycles. The van der Waals surface area contributed by atoms with E-state index in [9.17, 15) is 9.59 Å². The number of benzene rings is 1. The number of carbonyl (C=O) groups is 2. The first-order valence-electron chi connectivity index (χ1n) is 6.55. The summed E-state index contributed by atoms with van der Waals surface area (Å²) in [6.45, 7) is 4.32. The molecule has 0 aliphatic rings. The van der Waals surface area contributed by atoms with Crippen molar-refractivity contribution in [1.29, 1.82) is 0 Å². The van der Waals surface area contributed by atoms with Crippen molar-refractivity contribution < 1.29 is 14.3 Å². The van der Waals surface area contributed by atoms with Crippen molar-refractivity contribution in [3.8, 4) is 0 Å². The van der Waals surface area contributed by atoms with Gasteiger partial charge in [-0.1, -0.05) is 29.8 Å². The van der Waals surface area contributed by atoms with Crippen LogP contribution in [0.5, 0.6) is 0 Å². The van der Waals surface area contributed by atoms with Gasteiger partial charge in [0.1, 0.15) is 0 Å². The van der Waals surface area contributed by atoms with Crippen LogP contribution in [-0.4, -0.2) is 29.9 Å². The highest BCUT2D eigenvalue weighted by Crippen LogP contribution is 2.19. The number of rotatable bonds is 6. The Labute approximate surface area is 124 Å². The Morgan fingerprint density at radius 2 is 1.90 bits per heavy atom. The standard InChI is InChI=1S/C15H20ClNO3/c1-11(2)17(14(18)8-9-15(19)20-3)10-12-6-4-5-7-13(12)16/h4-7,11H,8-10H2,1-3H3. The summed E-state index contributed by atoms with van der Waals surface area (Å²) in [4.78, 5) is 25.0. The van der Waals surface area contributed by atoms with Crippen molar-refractivity contribution in [3.63, 3.8) is 0 Å². The van der Waals surface area contributed by atoms with E-state index in [1.54, 1.807) is 11.0 Å². The Morgan fingerprint density at radius 1 is 1.25 bits per heavy atom. The number of nitrogens with zero attached hydrogens (tertiary/aromatic N) is 1. The highest BCUT2D eigenvalue weighted by atomic mass is 35.5. The molecule has 110 valence electrons. The van der Waals surface area contributed by atoms with Crippen molar-refractivity contribution >= 4 is 23.5 Å². The fourth-order valence-electron chi connectivity index (χ4n) is 1.82. The first kappa shape index (κ1) is 16.5. The van der Waals surface area contributed by atoms with Crippen LogP contribution in [0.1, 0.15) is 32.3 Å². The molecule has 0 N–H and O–H groups in total. The lowest BCUT2D eigenvalue weighted by atomic mass is 10.1. The zero-order valence-corrected chi connectivity index (χ0v) is 12.8. The minimum atomic E-state index is -0.375. The fourth-order valence-corrected chi connectivity index (χ4v) is 2.02. The van der Waals surface area contributed by atoms with Crippen LogP contribution in [0.15, 0.2) is 24.3 Å². The van der Waals surface area contributed by atoms with E-state index in [-0.39, 0.29) is 30.8 Å². The van der Waals surface area contributed by atoms with Gasteiger partial charge in [0.25, 0.3) is 0 Å². The summed E-state index contributed by atoms with van der Waals surface area (Å²) < 4.78 is 4.55. The molecule has 0 bridgehead atoms. The molecule has 0 heterocycles. The van der Waals surface area contributed by atoms with Gasteiger partial charge >= 0.3 is 5.97 Å². The fraction of sp³-hybridized carbons (Fsp3) is 0.467. The molecule has 0 spiro atoms. The quantitative estimate of drug-likeness (QED) is 0.758. The Balaban J connectivity index is 2.72. The molecule has 5 heteroatoms. The third-order valence-electron chi connectivity index (χ3n) is 3.01. The summed E-state index contributed by atoms with van der Waals surface area (Å²) in [7, 11) is 1.32. The minimum absolute atomic E-state index is 0.0384. The third kappa shape index (κ3) is 4.85. The predicted molar refractivity (Wildman–Crippen MR) is 78.4 cm³/mol. The lowest BCUT2D eigenvalue weighted by Crippen LogP contribution is -2.36. The number of halogens is 1. The second-order valence-corrected chi connectivity index (χ2v) is 5.19. The molecule has 0 aromatic heterocycles. The van der Waals surface area contributed by atoms with Gasteiger partial charge in [0.2, 0.25) is 5.91 Å². The van der Waals surface area contributed by atoms with E-state index >= 15 is 0 Å². The molecule has 0 unspecified atom stereocenters. The predicted octanol–water partition coefficient (Wildman–Crippen LogP) is 3.03. The largest absolute Gasteiger partial charge is 0.469 e. The van der Waals surface area contributed by atoms with Crippen LogP contribution in [0, 0.1) is 0 Å². The molecule has 20 heavy (non-hydrogen) atoms. The molecular formula is C15H20ClNO3. The number of amides is 1. The molecule has 0 radical (unpaired) electrons. The van der Waals surface area contributed by atoms with Gasteiger partial charge in [0, 0.05) is 24.0 Å². The molecule has 1 aromatic rings. The summed E-state index contributed by atoms with van der Waals surface area (Å²) in [5.41, 5.74) is 0.897. The van der Waals surface area contributed by atoms with Crippen LogP contribution in [0.25, 0.3) is 0 Å². The van der Waals surface area contributed by atoms with Crippen molar-refractivity contribution in [2.75, 3.05) is 7.11 Å². The molecule has 0 saturated heterocycles. The molecule has 0 saturated carbocycles. The van der Waals surface area contributed by atoms with Crippen molar-refractivity contribution in [3.05, 3.63) is 34.9 Å². The molecule has 1 amide bonds. The highest BCUT2D eigenvalue weighted by Gasteiger charge is 2.19. The molecule has 0 atom stereocenters. The SMILES string of the molecule is COC(=O)CCC(=O)N(Cc1ccccc1Cl)C(C)C. The van der Waals surface area contributed by atoms with Crippen molar-refractivity contribution in [1.82, 2.24) is 4.90 Å². The molecule has 1 rings (SSSR count). The monoisotopic (exact) mass is 297 g/mol. The van der Waals surface area contributed by atoms with Gasteiger partial charge in [-0.25, -0.2) is 0 Å². The molecule has 0 fully saturated rings. The second kappa shape index (κ2) is 7.90. The lowest BCUT2D eigenvalue weighted by Gasteiger charge is -2.27. The van der Waals surface area contributed by atoms with Gasteiger partial charge in [-0.3, -0.25) is 9.59 Å². The van der Waals surface area contributed by atoms with E-state index in [0.717, 1.165) is 5.56 Å². The summed E-state index contributed by atoms with van der Waals surface area (Å²) in [5.74, 6) is -0.454. The van der Waals surface area contributed by atoms with Crippen molar-refractivity contribution in [2.45, 2.75) is 39.3 Å². The number of hydrogen-bond acceptors (Lipinski definition) is 3. The maximum Gasteiger partial charge on any atom is 0.306 e. The Kier molecular flexibility index (Phi) is 6.52. The topological polar surface area (TPSA) is 46.6 Å². The highest BCUT2D eigenvalue weighted by molar-refractivity contribution is 6.31. The van der Waals surface area contributed by atoms with Crippen LogP contribution in [0.4, 0.5) is 0 Å². The first-order chi connectivity index (χ1) is 9.45. The van der Waals surface area contributed by atoms with Gasteiger partial charge in [0.05, 0.1) is 13.5 Å². The normalized spacial score (nSPS) is 10.4. The van der Waals surface area contributed by atoms with Crippen molar-refractivity contribution in [2.24, 2.45) is 0 Å². The number of hydrogen-bond donors (Lipinski definition) is 0. The van der Waals surface area contributed by atoms with Crippen LogP contribution < -0.4 is 0 Å². The van der Waals surface area contributed by atoms with E-state index in [1.807, 2.05) is 32.0 Å². The van der Waals surface area contributed by atoms with Crippen LogP contribution in [-0.2, 0) is 20.9 Å². The van der Waals surface area contributed by atoms with E-state index in [0.29, 0.717) is 11.6 Å². The number of carbonyl (C=O) groups excluding carboxylic acids is 2. The zero-order chi connectivity index (χ0) is 15.1.